The Kier molecular flexibility index (Phi) is 7.08. The van der Waals surface area contributed by atoms with Crippen LogP contribution in [0.5, 0.6) is 11.5 Å². The van der Waals surface area contributed by atoms with Crippen molar-refractivity contribution in [3.05, 3.63) is 48.3 Å². The first-order valence-corrected chi connectivity index (χ1v) is 9.71. The van der Waals surface area contributed by atoms with E-state index in [1.54, 1.807) is 13.4 Å². The van der Waals surface area contributed by atoms with Crippen LogP contribution in [0.4, 0.5) is 11.5 Å². The summed E-state index contributed by atoms with van der Waals surface area (Å²) in [7, 11) is 7.61. The molecule has 7 heteroatoms. The number of benzene rings is 2. The van der Waals surface area contributed by atoms with Crippen LogP contribution in [0.2, 0.25) is 0 Å². The molecule has 0 amide bonds. The topological polar surface area (TPSA) is 71.5 Å². The van der Waals surface area contributed by atoms with Gasteiger partial charge in [-0.25, -0.2) is 9.97 Å². The minimum Gasteiger partial charge on any atom is -0.496 e. The number of nitrogens with zero attached hydrogens (tertiary/aromatic N) is 3. The molecule has 0 fully saturated rings. The third kappa shape index (κ3) is 5.48. The summed E-state index contributed by atoms with van der Waals surface area (Å²) in [6.07, 6.45) is 2.46. The van der Waals surface area contributed by atoms with Crippen molar-refractivity contribution in [2.75, 3.05) is 58.6 Å². The van der Waals surface area contributed by atoms with Crippen LogP contribution >= 0.6 is 0 Å². The highest BCUT2D eigenvalue weighted by Crippen LogP contribution is 2.34. The molecular weight excluding hydrogens is 366 g/mol. The van der Waals surface area contributed by atoms with E-state index in [0.717, 1.165) is 47.7 Å². The highest BCUT2D eigenvalue weighted by molar-refractivity contribution is 5.95. The van der Waals surface area contributed by atoms with E-state index in [4.69, 9.17) is 9.47 Å². The third-order valence-electron chi connectivity index (χ3n) is 4.65. The smallest absolute Gasteiger partial charge is 0.141 e. The second kappa shape index (κ2) is 9.93. The minimum absolute atomic E-state index is 0.601. The Morgan fingerprint density at radius 2 is 1.86 bits per heavy atom. The lowest BCUT2D eigenvalue weighted by molar-refractivity contribution is 0.260. The van der Waals surface area contributed by atoms with Gasteiger partial charge in [-0.05, 0) is 38.2 Å². The molecule has 3 aromatic rings. The standard InChI is InChI=1S/C22H29N5O2/c1-23-17-7-5-16(6-8-17)9-10-24-22-21-19(25-15-26-22)13-18(14-20(21)28-4)29-12-11-27(2)3/h5-8,13-15,23H,9-12H2,1-4H3,(H,24,25,26). The van der Waals surface area contributed by atoms with Gasteiger partial charge in [-0.15, -0.1) is 0 Å². The van der Waals surface area contributed by atoms with Crippen molar-refractivity contribution < 1.29 is 9.47 Å². The van der Waals surface area contributed by atoms with Gasteiger partial charge < -0.3 is 25.0 Å². The molecule has 0 unspecified atom stereocenters. The number of methoxy groups -OCH3 is 1. The molecule has 0 bridgehead atoms. The van der Waals surface area contributed by atoms with Gasteiger partial charge in [-0.2, -0.15) is 0 Å². The van der Waals surface area contributed by atoms with Gasteiger partial charge in [0.1, 0.15) is 30.3 Å². The van der Waals surface area contributed by atoms with E-state index in [9.17, 15) is 0 Å². The van der Waals surface area contributed by atoms with Gasteiger partial charge in [0.2, 0.25) is 0 Å². The largest absolute Gasteiger partial charge is 0.496 e. The Labute approximate surface area is 172 Å². The van der Waals surface area contributed by atoms with Crippen LogP contribution < -0.4 is 20.1 Å². The molecule has 2 aromatic carbocycles. The molecule has 7 nitrogen and oxygen atoms in total. The lowest BCUT2D eigenvalue weighted by Gasteiger charge is -2.15. The van der Waals surface area contributed by atoms with Crippen molar-refractivity contribution in [2.45, 2.75) is 6.42 Å². The van der Waals surface area contributed by atoms with Gasteiger partial charge in [0.05, 0.1) is 18.0 Å². The second-order valence-electron chi connectivity index (χ2n) is 7.02. The maximum atomic E-state index is 5.86. The maximum absolute atomic E-state index is 5.86. The van der Waals surface area contributed by atoms with Crippen LogP contribution in [0.1, 0.15) is 5.56 Å². The summed E-state index contributed by atoms with van der Waals surface area (Å²) in [5.41, 5.74) is 3.16. The first kappa shape index (κ1) is 20.7. The zero-order chi connectivity index (χ0) is 20.6. The van der Waals surface area contributed by atoms with Gasteiger partial charge in [-0.3, -0.25) is 0 Å². The molecular formula is C22H29N5O2. The predicted octanol–water partition coefficient (Wildman–Crippen LogP) is 3.28. The molecule has 3 rings (SSSR count). The molecule has 2 N–H and O–H groups in total. The van der Waals surface area contributed by atoms with Gasteiger partial charge in [-0.1, -0.05) is 12.1 Å². The van der Waals surface area contributed by atoms with Crippen molar-refractivity contribution >= 4 is 22.4 Å². The molecule has 1 heterocycles. The van der Waals surface area contributed by atoms with Gasteiger partial charge in [0.25, 0.3) is 0 Å². The fourth-order valence-corrected chi connectivity index (χ4v) is 3.02. The van der Waals surface area contributed by atoms with Crippen LogP contribution in [0, 0.1) is 0 Å². The summed E-state index contributed by atoms with van der Waals surface area (Å²) in [4.78, 5) is 10.9. The number of fused-ring (bicyclic) bond motifs is 1. The number of ether oxygens (including phenoxy) is 2. The number of likely N-dealkylation sites (N-methyl/N-ethyl adjacent to an activating group) is 1. The predicted molar refractivity (Wildman–Crippen MR) is 118 cm³/mol. The van der Waals surface area contributed by atoms with Gasteiger partial charge in [0, 0.05) is 38.0 Å². The zero-order valence-corrected chi connectivity index (χ0v) is 17.5. The number of hydrogen-bond acceptors (Lipinski definition) is 7. The van der Waals surface area contributed by atoms with E-state index < -0.39 is 0 Å². The van der Waals surface area contributed by atoms with E-state index >= 15 is 0 Å². The van der Waals surface area contributed by atoms with Gasteiger partial charge >= 0.3 is 0 Å². The number of aromatic nitrogens is 2. The number of anilines is 2. The normalized spacial score (nSPS) is 10.9. The van der Waals surface area contributed by atoms with Crippen molar-refractivity contribution in [1.82, 2.24) is 14.9 Å². The molecule has 0 saturated heterocycles. The average Bonchev–Trinajstić information content (AvgIpc) is 2.73. The Morgan fingerprint density at radius 3 is 2.55 bits per heavy atom. The van der Waals surface area contributed by atoms with Crippen LogP contribution in [0.15, 0.2) is 42.7 Å². The SMILES string of the molecule is CNc1ccc(CCNc2ncnc3cc(OCCN(C)C)cc(OC)c23)cc1. The van der Waals surface area contributed by atoms with Crippen molar-refractivity contribution in [1.29, 1.82) is 0 Å². The highest BCUT2D eigenvalue weighted by atomic mass is 16.5. The van der Waals surface area contributed by atoms with Gasteiger partial charge in [0.15, 0.2) is 0 Å². The lowest BCUT2D eigenvalue weighted by Crippen LogP contribution is -2.19. The molecule has 29 heavy (non-hydrogen) atoms. The van der Waals surface area contributed by atoms with Crippen LogP contribution in [-0.2, 0) is 6.42 Å². The Hall–Kier alpha value is -3.06. The Balaban J connectivity index is 1.73. The summed E-state index contributed by atoms with van der Waals surface area (Å²) in [6.45, 7) is 2.20. The van der Waals surface area contributed by atoms with Crippen molar-refractivity contribution in [3.63, 3.8) is 0 Å². The molecule has 1 aromatic heterocycles. The molecule has 0 atom stereocenters. The van der Waals surface area contributed by atoms with Crippen molar-refractivity contribution in [3.8, 4) is 11.5 Å². The molecule has 154 valence electrons. The molecule has 0 saturated carbocycles. The van der Waals surface area contributed by atoms with Crippen molar-refractivity contribution in [2.24, 2.45) is 0 Å². The number of rotatable bonds is 10. The molecule has 0 spiro atoms. The number of hydrogen-bond donors (Lipinski definition) is 2. The average molecular weight is 396 g/mol. The summed E-state index contributed by atoms with van der Waals surface area (Å²) in [6, 6.07) is 12.2. The monoisotopic (exact) mass is 395 g/mol. The first-order valence-electron chi connectivity index (χ1n) is 9.71. The second-order valence-corrected chi connectivity index (χ2v) is 7.02. The molecule has 0 aliphatic carbocycles. The van der Waals surface area contributed by atoms with E-state index in [0.29, 0.717) is 12.4 Å². The van der Waals surface area contributed by atoms with Crippen LogP contribution in [-0.4, -0.2) is 62.8 Å². The Morgan fingerprint density at radius 1 is 1.07 bits per heavy atom. The zero-order valence-electron chi connectivity index (χ0n) is 17.5. The van der Waals surface area contributed by atoms with Crippen LogP contribution in [0.25, 0.3) is 10.9 Å². The van der Waals surface area contributed by atoms with E-state index in [-0.39, 0.29) is 0 Å². The molecule has 0 aliphatic rings. The fourth-order valence-electron chi connectivity index (χ4n) is 3.02. The Bertz CT molecular complexity index is 928. The van der Waals surface area contributed by atoms with E-state index in [2.05, 4.69) is 49.8 Å². The number of nitrogens with one attached hydrogen (secondary N) is 2. The summed E-state index contributed by atoms with van der Waals surface area (Å²) < 4.78 is 11.5. The maximum Gasteiger partial charge on any atom is 0.141 e. The van der Waals surface area contributed by atoms with E-state index in [1.807, 2.05) is 33.3 Å². The molecule has 0 radical (unpaired) electrons. The minimum atomic E-state index is 0.601. The molecule has 0 aliphatic heterocycles. The highest BCUT2D eigenvalue weighted by Gasteiger charge is 2.12. The lowest BCUT2D eigenvalue weighted by atomic mass is 10.1. The summed E-state index contributed by atoms with van der Waals surface area (Å²) in [5.74, 6) is 2.20. The first-order chi connectivity index (χ1) is 14.1. The summed E-state index contributed by atoms with van der Waals surface area (Å²) in [5, 5.41) is 7.42. The quantitative estimate of drug-likeness (QED) is 0.546. The van der Waals surface area contributed by atoms with Crippen LogP contribution in [0.3, 0.4) is 0 Å². The third-order valence-corrected chi connectivity index (χ3v) is 4.65. The summed E-state index contributed by atoms with van der Waals surface area (Å²) >= 11 is 0. The fraction of sp³-hybridized carbons (Fsp3) is 0.364. The van der Waals surface area contributed by atoms with E-state index in [1.165, 1.54) is 5.56 Å².